The molecule has 1 aliphatic rings. The van der Waals surface area contributed by atoms with E-state index in [9.17, 15) is 26.7 Å². The molecule has 0 aliphatic carbocycles. The van der Waals surface area contributed by atoms with Gasteiger partial charge in [-0.1, -0.05) is 24.8 Å². The second-order valence-electron chi connectivity index (χ2n) is 8.22. The van der Waals surface area contributed by atoms with Crippen LogP contribution in [0.5, 0.6) is 5.75 Å². The second-order valence-corrected chi connectivity index (χ2v) is 8.99. The summed E-state index contributed by atoms with van der Waals surface area (Å²) >= 11 is 1.31. The monoisotopic (exact) mass is 516 g/mol. The van der Waals surface area contributed by atoms with Gasteiger partial charge in [-0.3, -0.25) is 4.79 Å². The van der Waals surface area contributed by atoms with Gasteiger partial charge in [-0.2, -0.15) is 22.7 Å². The number of methoxy groups -OCH3 is 1. The van der Waals surface area contributed by atoms with Gasteiger partial charge in [0.2, 0.25) is 5.82 Å². The molecule has 1 fully saturated rings. The van der Waals surface area contributed by atoms with Crippen molar-refractivity contribution in [1.82, 2.24) is 14.6 Å². The van der Waals surface area contributed by atoms with Gasteiger partial charge >= 0.3 is 6.18 Å². The highest BCUT2D eigenvalue weighted by molar-refractivity contribution is 7.98. The van der Waals surface area contributed by atoms with Gasteiger partial charge in [0.05, 0.1) is 24.5 Å². The summed E-state index contributed by atoms with van der Waals surface area (Å²) in [5, 5.41) is 7.27. The molecule has 1 aromatic carbocycles. The maximum atomic E-state index is 14.5. The molecule has 3 aromatic rings. The minimum absolute atomic E-state index is 0.110. The molecular weight excluding hydrogens is 495 g/mol. The number of thioether (sulfide) groups is 1. The number of aromatic nitrogens is 3. The molecule has 1 amide bonds. The van der Waals surface area contributed by atoms with Crippen molar-refractivity contribution in [2.24, 2.45) is 5.92 Å². The maximum Gasteiger partial charge on any atom is 0.417 e. The van der Waals surface area contributed by atoms with Crippen molar-refractivity contribution in [2.45, 2.75) is 42.8 Å². The number of amides is 1. The summed E-state index contributed by atoms with van der Waals surface area (Å²) in [6, 6.07) is 3.46. The Morgan fingerprint density at radius 1 is 1.29 bits per heavy atom. The average molecular weight is 516 g/mol. The quantitative estimate of drug-likeness (QED) is 0.298. The van der Waals surface area contributed by atoms with Crippen molar-refractivity contribution in [3.05, 3.63) is 47.8 Å². The number of benzene rings is 1. The molecule has 13 heteroatoms. The Morgan fingerprint density at radius 2 is 2.00 bits per heavy atom. The van der Waals surface area contributed by atoms with Gasteiger partial charge in [0.1, 0.15) is 6.10 Å². The lowest BCUT2D eigenvalue weighted by molar-refractivity contribution is -0.272. The summed E-state index contributed by atoms with van der Waals surface area (Å²) in [5.41, 5.74) is -2.17. The van der Waals surface area contributed by atoms with E-state index in [1.54, 1.807) is 12.3 Å². The fraction of sp³-hybridized carbons (Fsp3) is 0.409. The molecule has 188 valence electrons. The van der Waals surface area contributed by atoms with Crippen molar-refractivity contribution in [3.63, 3.8) is 0 Å². The number of rotatable bonds is 5. The maximum absolute atomic E-state index is 14.5. The molecule has 0 bridgehead atoms. The Hall–Kier alpha value is -2.93. The molecule has 2 aromatic heterocycles. The van der Waals surface area contributed by atoms with Crippen LogP contribution >= 0.6 is 11.8 Å². The number of fused-ring (bicyclic) bond motifs is 1. The highest BCUT2D eigenvalue weighted by atomic mass is 32.2. The topological polar surface area (TPSA) is 77.8 Å². The van der Waals surface area contributed by atoms with Crippen molar-refractivity contribution >= 4 is 28.9 Å². The molecule has 7 nitrogen and oxygen atoms in total. The predicted molar refractivity (Wildman–Crippen MR) is 118 cm³/mol. The van der Waals surface area contributed by atoms with Crippen LogP contribution < -0.4 is 10.1 Å². The molecule has 0 spiro atoms. The van der Waals surface area contributed by atoms with Crippen LogP contribution in [0.15, 0.2) is 35.7 Å². The number of carbonyl (C=O) groups is 1. The average Bonchev–Trinajstić information content (AvgIpc) is 3.34. The van der Waals surface area contributed by atoms with Crippen LogP contribution in [-0.2, 0) is 9.53 Å². The predicted octanol–water partition coefficient (Wildman–Crippen LogP) is 4.82. The number of nitrogens with one attached hydrogen (secondary N) is 1. The molecule has 0 saturated carbocycles. The highest BCUT2D eigenvalue weighted by Crippen LogP contribution is 2.55. The third kappa shape index (κ3) is 3.99. The normalized spacial score (nSPS) is 24.7. The Kier molecular flexibility index (Phi) is 6.43. The van der Waals surface area contributed by atoms with Crippen LogP contribution in [0.3, 0.4) is 0 Å². The van der Waals surface area contributed by atoms with Crippen molar-refractivity contribution in [2.75, 3.05) is 18.7 Å². The smallest absolute Gasteiger partial charge is 0.417 e. The standard InChI is InChI=1S/C22H21F5N4O3S/c1-10-15(11-5-6-12(23)16(24)17(11)33-3)18(34-21(10,2)22(25,26)27)19(32)30-13-9-29-31-14(13)7-8-28-20(31)35-4/h5-10,15,18H,1-4H3,(H,30,32)/t10-,15-,18+,21+/m0/s1. The summed E-state index contributed by atoms with van der Waals surface area (Å²) in [7, 11) is 1.07. The van der Waals surface area contributed by atoms with Crippen LogP contribution in [-0.4, -0.2) is 51.8 Å². The van der Waals surface area contributed by atoms with Crippen LogP contribution in [0.1, 0.15) is 25.3 Å². The number of hydrogen-bond acceptors (Lipinski definition) is 6. The summed E-state index contributed by atoms with van der Waals surface area (Å²) in [5.74, 6) is -6.75. The van der Waals surface area contributed by atoms with Gasteiger partial charge in [-0.15, -0.1) is 0 Å². The second kappa shape index (κ2) is 8.94. The number of anilines is 1. The number of nitrogens with zero attached hydrogens (tertiary/aromatic N) is 3. The van der Waals surface area contributed by atoms with Gasteiger partial charge in [0.15, 0.2) is 22.3 Å². The van der Waals surface area contributed by atoms with Gasteiger partial charge in [-0.25, -0.2) is 13.9 Å². The Bertz CT molecular complexity index is 1280. The third-order valence-electron chi connectivity index (χ3n) is 6.42. The summed E-state index contributed by atoms with van der Waals surface area (Å²) in [6.07, 6.45) is -1.93. The van der Waals surface area contributed by atoms with E-state index in [0.29, 0.717) is 10.7 Å². The first kappa shape index (κ1) is 25.2. The van der Waals surface area contributed by atoms with E-state index in [-0.39, 0.29) is 11.3 Å². The summed E-state index contributed by atoms with van der Waals surface area (Å²) < 4.78 is 82.3. The van der Waals surface area contributed by atoms with E-state index in [0.717, 1.165) is 26.2 Å². The van der Waals surface area contributed by atoms with Crippen LogP contribution in [0.2, 0.25) is 0 Å². The van der Waals surface area contributed by atoms with Gasteiger partial charge in [0, 0.05) is 23.6 Å². The zero-order valence-electron chi connectivity index (χ0n) is 19.0. The fourth-order valence-electron chi connectivity index (χ4n) is 4.38. The van der Waals surface area contributed by atoms with E-state index >= 15 is 0 Å². The molecule has 0 unspecified atom stereocenters. The molecule has 0 radical (unpaired) electrons. The zero-order chi connectivity index (χ0) is 25.7. The van der Waals surface area contributed by atoms with Crippen molar-refractivity contribution < 1.29 is 36.2 Å². The van der Waals surface area contributed by atoms with Gasteiger partial charge in [-0.05, 0) is 25.3 Å². The van der Waals surface area contributed by atoms with E-state index < -0.39 is 53.0 Å². The van der Waals surface area contributed by atoms with Crippen molar-refractivity contribution in [3.8, 4) is 5.75 Å². The molecule has 4 rings (SSSR count). The van der Waals surface area contributed by atoms with Gasteiger partial charge in [0.25, 0.3) is 5.91 Å². The Labute approximate surface area is 201 Å². The molecule has 1 N–H and O–H groups in total. The van der Waals surface area contributed by atoms with E-state index in [2.05, 4.69) is 15.4 Å². The first-order chi connectivity index (χ1) is 16.4. The molecule has 3 heterocycles. The van der Waals surface area contributed by atoms with Crippen molar-refractivity contribution in [1.29, 1.82) is 0 Å². The molecule has 35 heavy (non-hydrogen) atoms. The third-order valence-corrected chi connectivity index (χ3v) is 7.06. The number of alkyl halides is 3. The number of halogens is 5. The minimum atomic E-state index is -4.85. The lowest BCUT2D eigenvalue weighted by Crippen LogP contribution is -2.47. The highest BCUT2D eigenvalue weighted by Gasteiger charge is 2.66. The largest absolute Gasteiger partial charge is 0.493 e. The van der Waals surface area contributed by atoms with E-state index in [4.69, 9.17) is 9.47 Å². The molecule has 4 atom stereocenters. The Balaban J connectivity index is 1.78. The number of hydrogen-bond donors (Lipinski definition) is 1. The minimum Gasteiger partial charge on any atom is -0.493 e. The van der Waals surface area contributed by atoms with Crippen LogP contribution in [0.25, 0.3) is 5.52 Å². The first-order valence-corrected chi connectivity index (χ1v) is 11.6. The fourth-order valence-corrected chi connectivity index (χ4v) is 4.86. The summed E-state index contributed by atoms with van der Waals surface area (Å²) in [6.45, 7) is 2.08. The Morgan fingerprint density at radius 3 is 2.63 bits per heavy atom. The number of carbonyl (C=O) groups excluding carboxylic acids is 1. The molecule has 1 saturated heterocycles. The first-order valence-electron chi connectivity index (χ1n) is 10.4. The lowest BCUT2D eigenvalue weighted by Gasteiger charge is -2.32. The zero-order valence-corrected chi connectivity index (χ0v) is 19.8. The summed E-state index contributed by atoms with van der Waals surface area (Å²) in [4.78, 5) is 17.5. The molecular formula is C22H21F5N4O3S. The molecule has 1 aliphatic heterocycles. The van der Waals surface area contributed by atoms with Crippen LogP contribution in [0, 0.1) is 17.6 Å². The number of ether oxygens (including phenoxy) is 2. The van der Waals surface area contributed by atoms with Gasteiger partial charge < -0.3 is 14.8 Å². The van der Waals surface area contributed by atoms with E-state index in [1.165, 1.54) is 35.6 Å². The SMILES string of the molecule is COc1c([C@H]2[C@H](C(=O)Nc3cnn4c(SC)nccc34)O[C@@](C)(C(F)(F)F)[C@H]2C)ccc(F)c1F. The van der Waals surface area contributed by atoms with Crippen LogP contribution in [0.4, 0.5) is 27.6 Å². The van der Waals surface area contributed by atoms with E-state index in [1.807, 2.05) is 0 Å². The lowest BCUT2D eigenvalue weighted by atomic mass is 9.77.